The SMILES string of the molecule is CC(C)(C)c1nc2cc(C(=O)N3CCCCC3)ccn2c1CC1CCOCC1. The van der Waals surface area contributed by atoms with Crippen LogP contribution >= 0.6 is 0 Å². The molecule has 0 atom stereocenters. The van der Waals surface area contributed by atoms with Gasteiger partial charge in [0.2, 0.25) is 0 Å². The summed E-state index contributed by atoms with van der Waals surface area (Å²) in [4.78, 5) is 19.9. The molecule has 0 bridgehead atoms. The highest BCUT2D eigenvalue weighted by atomic mass is 16.5. The van der Waals surface area contributed by atoms with Crippen molar-refractivity contribution in [3.8, 4) is 0 Å². The van der Waals surface area contributed by atoms with Crippen molar-refractivity contribution in [1.82, 2.24) is 14.3 Å². The van der Waals surface area contributed by atoms with Gasteiger partial charge >= 0.3 is 0 Å². The number of piperidine rings is 1. The second-order valence-corrected chi connectivity index (χ2v) is 9.41. The minimum Gasteiger partial charge on any atom is -0.381 e. The van der Waals surface area contributed by atoms with Crippen LogP contribution in [-0.4, -0.2) is 46.5 Å². The minimum atomic E-state index is -0.0242. The number of pyridine rings is 1. The van der Waals surface area contributed by atoms with E-state index in [0.29, 0.717) is 5.92 Å². The van der Waals surface area contributed by atoms with Crippen molar-refractivity contribution < 1.29 is 9.53 Å². The number of amides is 1. The predicted octanol–water partition coefficient (Wildman–Crippen LogP) is 4.23. The lowest BCUT2D eigenvalue weighted by molar-refractivity contribution is 0.0660. The summed E-state index contributed by atoms with van der Waals surface area (Å²) >= 11 is 0. The molecule has 1 amide bonds. The first-order valence-electron chi connectivity index (χ1n) is 10.8. The number of rotatable bonds is 3. The topological polar surface area (TPSA) is 46.8 Å². The molecule has 2 aliphatic heterocycles. The van der Waals surface area contributed by atoms with E-state index in [-0.39, 0.29) is 11.3 Å². The molecule has 0 aliphatic carbocycles. The van der Waals surface area contributed by atoms with E-state index < -0.39 is 0 Å². The molecule has 2 fully saturated rings. The molecular formula is C23H33N3O2. The largest absolute Gasteiger partial charge is 0.381 e. The maximum atomic E-state index is 12.9. The normalized spacial score (nSPS) is 19.3. The van der Waals surface area contributed by atoms with E-state index in [1.54, 1.807) is 0 Å². The number of likely N-dealkylation sites (tertiary alicyclic amines) is 1. The van der Waals surface area contributed by atoms with E-state index >= 15 is 0 Å². The van der Waals surface area contributed by atoms with Gasteiger partial charge in [-0.05, 0) is 56.6 Å². The standard InChI is InChI=1S/C23H33N3O2/c1-23(2,3)21-19(15-17-8-13-28-14-9-17)26-12-7-18(16-20(26)24-21)22(27)25-10-5-4-6-11-25/h7,12,16-17H,4-6,8-11,13-15H2,1-3H3. The number of fused-ring (bicyclic) bond motifs is 1. The minimum absolute atomic E-state index is 0.0242. The van der Waals surface area contributed by atoms with Crippen LogP contribution in [0.2, 0.25) is 0 Å². The molecule has 0 aromatic carbocycles. The molecule has 4 heterocycles. The summed E-state index contributed by atoms with van der Waals surface area (Å²) in [5.74, 6) is 0.790. The average Bonchev–Trinajstić information content (AvgIpc) is 3.07. The molecule has 0 unspecified atom stereocenters. The van der Waals surface area contributed by atoms with E-state index in [1.165, 1.54) is 12.1 Å². The molecule has 5 heteroatoms. The van der Waals surface area contributed by atoms with Crippen LogP contribution < -0.4 is 0 Å². The van der Waals surface area contributed by atoms with Crippen LogP contribution in [-0.2, 0) is 16.6 Å². The van der Waals surface area contributed by atoms with Crippen molar-refractivity contribution in [2.75, 3.05) is 26.3 Å². The molecule has 0 N–H and O–H groups in total. The Balaban J connectivity index is 1.68. The molecule has 0 radical (unpaired) electrons. The molecular weight excluding hydrogens is 350 g/mol. The number of hydrogen-bond donors (Lipinski definition) is 0. The van der Waals surface area contributed by atoms with Crippen molar-refractivity contribution in [2.24, 2.45) is 5.92 Å². The highest BCUT2D eigenvalue weighted by Gasteiger charge is 2.27. The van der Waals surface area contributed by atoms with Crippen LogP contribution in [0.3, 0.4) is 0 Å². The maximum Gasteiger partial charge on any atom is 0.254 e. The molecule has 152 valence electrons. The summed E-state index contributed by atoms with van der Waals surface area (Å²) in [5.41, 5.74) is 4.09. The monoisotopic (exact) mass is 383 g/mol. The zero-order valence-electron chi connectivity index (χ0n) is 17.5. The molecule has 2 aromatic heterocycles. The Morgan fingerprint density at radius 1 is 1.18 bits per heavy atom. The van der Waals surface area contributed by atoms with Gasteiger partial charge < -0.3 is 14.0 Å². The number of ether oxygens (including phenoxy) is 1. The van der Waals surface area contributed by atoms with Crippen molar-refractivity contribution >= 4 is 11.6 Å². The molecule has 5 nitrogen and oxygen atoms in total. The Hall–Kier alpha value is -1.88. The van der Waals surface area contributed by atoms with Gasteiger partial charge in [-0.1, -0.05) is 20.8 Å². The lowest BCUT2D eigenvalue weighted by Gasteiger charge is -2.26. The summed E-state index contributed by atoms with van der Waals surface area (Å²) in [6.07, 6.45) is 8.76. The van der Waals surface area contributed by atoms with Crippen molar-refractivity contribution in [3.63, 3.8) is 0 Å². The van der Waals surface area contributed by atoms with Crippen LogP contribution in [0.5, 0.6) is 0 Å². The molecule has 28 heavy (non-hydrogen) atoms. The van der Waals surface area contributed by atoms with Crippen LogP contribution in [0.25, 0.3) is 5.65 Å². The quantitative estimate of drug-likeness (QED) is 0.797. The van der Waals surface area contributed by atoms with E-state index in [0.717, 1.165) is 75.3 Å². The van der Waals surface area contributed by atoms with Crippen LogP contribution in [0.15, 0.2) is 18.3 Å². The highest BCUT2D eigenvalue weighted by Crippen LogP contribution is 2.30. The summed E-state index contributed by atoms with van der Waals surface area (Å²) < 4.78 is 7.75. The van der Waals surface area contributed by atoms with Gasteiger partial charge in [0.15, 0.2) is 0 Å². The number of aromatic nitrogens is 2. The zero-order chi connectivity index (χ0) is 19.7. The zero-order valence-corrected chi connectivity index (χ0v) is 17.5. The third-order valence-corrected chi connectivity index (χ3v) is 6.15. The fourth-order valence-electron chi connectivity index (χ4n) is 4.53. The Bertz CT molecular complexity index is 837. The molecule has 2 aliphatic rings. The molecule has 0 saturated carbocycles. The second-order valence-electron chi connectivity index (χ2n) is 9.41. The number of carbonyl (C=O) groups is 1. The fourth-order valence-corrected chi connectivity index (χ4v) is 4.53. The van der Waals surface area contributed by atoms with Gasteiger partial charge in [-0.2, -0.15) is 0 Å². The molecule has 2 aromatic rings. The third-order valence-electron chi connectivity index (χ3n) is 6.15. The predicted molar refractivity (Wildman–Crippen MR) is 111 cm³/mol. The van der Waals surface area contributed by atoms with Gasteiger partial charge in [-0.3, -0.25) is 4.79 Å². The second kappa shape index (κ2) is 7.86. The molecule has 4 rings (SSSR count). The Morgan fingerprint density at radius 2 is 1.89 bits per heavy atom. The van der Waals surface area contributed by atoms with Crippen molar-refractivity contribution in [1.29, 1.82) is 0 Å². The van der Waals surface area contributed by atoms with Gasteiger partial charge in [-0.25, -0.2) is 4.98 Å². The third kappa shape index (κ3) is 3.95. The number of nitrogens with zero attached hydrogens (tertiary/aromatic N) is 3. The summed E-state index contributed by atoms with van der Waals surface area (Å²) in [5, 5.41) is 0. The van der Waals surface area contributed by atoms with Gasteiger partial charge in [0.25, 0.3) is 5.91 Å². The van der Waals surface area contributed by atoms with Gasteiger partial charge in [0.05, 0.1) is 5.69 Å². The van der Waals surface area contributed by atoms with Crippen LogP contribution in [0.1, 0.15) is 74.6 Å². The smallest absolute Gasteiger partial charge is 0.254 e. The van der Waals surface area contributed by atoms with Gasteiger partial charge in [0.1, 0.15) is 5.65 Å². The van der Waals surface area contributed by atoms with Crippen molar-refractivity contribution in [3.05, 3.63) is 35.3 Å². The van der Waals surface area contributed by atoms with E-state index in [2.05, 4.69) is 31.4 Å². The lowest BCUT2D eigenvalue weighted by atomic mass is 9.86. The first-order chi connectivity index (χ1) is 13.4. The Kier molecular flexibility index (Phi) is 5.46. The first-order valence-corrected chi connectivity index (χ1v) is 10.8. The fraction of sp³-hybridized carbons (Fsp3) is 0.652. The maximum absolute atomic E-state index is 12.9. The number of imidazole rings is 1. The van der Waals surface area contributed by atoms with Crippen molar-refractivity contribution in [2.45, 2.75) is 64.7 Å². The van der Waals surface area contributed by atoms with E-state index in [1.807, 2.05) is 17.0 Å². The van der Waals surface area contributed by atoms with E-state index in [4.69, 9.17) is 9.72 Å². The molecule has 2 saturated heterocycles. The van der Waals surface area contributed by atoms with Gasteiger partial charge in [0, 0.05) is 49.2 Å². The summed E-state index contributed by atoms with van der Waals surface area (Å²) in [7, 11) is 0. The molecule has 0 spiro atoms. The first kappa shape index (κ1) is 19.4. The number of hydrogen-bond acceptors (Lipinski definition) is 3. The summed E-state index contributed by atoms with van der Waals surface area (Å²) in [6.45, 7) is 10.1. The lowest BCUT2D eigenvalue weighted by Crippen LogP contribution is -2.35. The van der Waals surface area contributed by atoms with Crippen LogP contribution in [0, 0.1) is 5.92 Å². The Labute approximate surface area is 168 Å². The Morgan fingerprint density at radius 3 is 2.57 bits per heavy atom. The average molecular weight is 384 g/mol. The van der Waals surface area contributed by atoms with E-state index in [9.17, 15) is 4.79 Å². The highest BCUT2D eigenvalue weighted by molar-refractivity contribution is 5.95. The number of carbonyl (C=O) groups excluding carboxylic acids is 1. The summed E-state index contributed by atoms with van der Waals surface area (Å²) in [6, 6.07) is 3.96. The van der Waals surface area contributed by atoms with Gasteiger partial charge in [-0.15, -0.1) is 0 Å². The van der Waals surface area contributed by atoms with Crippen LogP contribution in [0.4, 0.5) is 0 Å².